The number of piperazine rings is 1. The van der Waals surface area contributed by atoms with Crippen LogP contribution in [0.2, 0.25) is 0 Å². The van der Waals surface area contributed by atoms with E-state index in [0.29, 0.717) is 11.8 Å². The number of hydrogen-bond acceptors (Lipinski definition) is 2. The van der Waals surface area contributed by atoms with E-state index < -0.39 is 0 Å². The van der Waals surface area contributed by atoms with Gasteiger partial charge in [0, 0.05) is 32.1 Å². The van der Waals surface area contributed by atoms with E-state index in [1.807, 2.05) is 0 Å². The standard InChI is InChI=1S/C16H28N2O/c1-17-8-10-18(11-9-17)16(19)15-7-6-13-4-2-3-5-14(13)12-15/h13-15H,2-12H2,1H3/t13-,14-,15-/m1/s1. The van der Waals surface area contributed by atoms with Crippen molar-refractivity contribution in [3.63, 3.8) is 0 Å². The molecule has 0 unspecified atom stereocenters. The smallest absolute Gasteiger partial charge is 0.225 e. The molecule has 1 heterocycles. The Hall–Kier alpha value is -0.570. The molecule has 0 spiro atoms. The first-order valence-corrected chi connectivity index (χ1v) is 8.21. The Bertz CT molecular complexity index is 323. The van der Waals surface area contributed by atoms with Crippen LogP contribution in [-0.2, 0) is 4.79 Å². The van der Waals surface area contributed by atoms with Crippen LogP contribution in [0.3, 0.4) is 0 Å². The molecule has 1 saturated heterocycles. The van der Waals surface area contributed by atoms with E-state index in [-0.39, 0.29) is 0 Å². The highest BCUT2D eigenvalue weighted by Crippen LogP contribution is 2.43. The molecular weight excluding hydrogens is 236 g/mol. The fraction of sp³-hybridized carbons (Fsp3) is 0.938. The molecule has 0 aromatic heterocycles. The highest BCUT2D eigenvalue weighted by Gasteiger charge is 2.36. The topological polar surface area (TPSA) is 23.6 Å². The lowest BCUT2D eigenvalue weighted by molar-refractivity contribution is -0.139. The Kier molecular flexibility index (Phi) is 4.11. The molecule has 1 aliphatic heterocycles. The van der Waals surface area contributed by atoms with Crippen LogP contribution in [-0.4, -0.2) is 48.9 Å². The number of amides is 1. The first-order chi connectivity index (χ1) is 9.24. The van der Waals surface area contributed by atoms with Gasteiger partial charge in [0.25, 0.3) is 0 Å². The van der Waals surface area contributed by atoms with Gasteiger partial charge in [0.15, 0.2) is 0 Å². The summed E-state index contributed by atoms with van der Waals surface area (Å²) in [6.45, 7) is 3.98. The molecule has 0 radical (unpaired) electrons. The van der Waals surface area contributed by atoms with Crippen molar-refractivity contribution in [3.8, 4) is 0 Å². The average molecular weight is 264 g/mol. The number of rotatable bonds is 1. The quantitative estimate of drug-likeness (QED) is 0.726. The van der Waals surface area contributed by atoms with Crippen molar-refractivity contribution >= 4 is 5.91 Å². The van der Waals surface area contributed by atoms with Crippen LogP contribution >= 0.6 is 0 Å². The minimum absolute atomic E-state index is 0.350. The van der Waals surface area contributed by atoms with Gasteiger partial charge in [0.2, 0.25) is 5.91 Å². The van der Waals surface area contributed by atoms with Gasteiger partial charge < -0.3 is 9.80 Å². The van der Waals surface area contributed by atoms with Crippen molar-refractivity contribution in [2.75, 3.05) is 33.2 Å². The zero-order valence-corrected chi connectivity index (χ0v) is 12.3. The van der Waals surface area contributed by atoms with Gasteiger partial charge in [0.05, 0.1) is 0 Å². The SMILES string of the molecule is CN1CCN(C(=O)[C@@H]2CC[C@H]3CCCC[C@@H]3C2)CC1. The summed E-state index contributed by atoms with van der Waals surface area (Å²) in [4.78, 5) is 17.1. The molecule has 19 heavy (non-hydrogen) atoms. The van der Waals surface area contributed by atoms with Crippen molar-refractivity contribution in [2.45, 2.75) is 44.9 Å². The van der Waals surface area contributed by atoms with Crippen LogP contribution in [0.4, 0.5) is 0 Å². The zero-order chi connectivity index (χ0) is 13.2. The van der Waals surface area contributed by atoms with Crippen molar-refractivity contribution in [3.05, 3.63) is 0 Å². The van der Waals surface area contributed by atoms with Gasteiger partial charge in [-0.3, -0.25) is 4.79 Å². The molecule has 1 amide bonds. The van der Waals surface area contributed by atoms with E-state index in [1.165, 1.54) is 38.5 Å². The van der Waals surface area contributed by atoms with Crippen molar-refractivity contribution in [2.24, 2.45) is 17.8 Å². The molecule has 3 aliphatic rings. The number of likely N-dealkylation sites (N-methyl/N-ethyl adjacent to an activating group) is 1. The van der Waals surface area contributed by atoms with Crippen LogP contribution in [0, 0.1) is 17.8 Å². The largest absolute Gasteiger partial charge is 0.340 e. The van der Waals surface area contributed by atoms with Gasteiger partial charge in [-0.25, -0.2) is 0 Å². The van der Waals surface area contributed by atoms with Gasteiger partial charge >= 0.3 is 0 Å². The van der Waals surface area contributed by atoms with E-state index in [9.17, 15) is 4.79 Å². The van der Waals surface area contributed by atoms with E-state index >= 15 is 0 Å². The molecule has 3 fully saturated rings. The molecule has 2 aliphatic carbocycles. The van der Waals surface area contributed by atoms with E-state index in [1.54, 1.807) is 0 Å². The maximum atomic E-state index is 12.6. The summed E-state index contributed by atoms with van der Waals surface area (Å²) in [5.74, 6) is 2.63. The van der Waals surface area contributed by atoms with Crippen LogP contribution in [0.25, 0.3) is 0 Å². The fourth-order valence-electron chi connectivity index (χ4n) is 4.38. The molecular formula is C16H28N2O. The Balaban J connectivity index is 1.55. The molecule has 0 aromatic rings. The normalized spacial score (nSPS) is 36.9. The summed E-state index contributed by atoms with van der Waals surface area (Å²) in [6.07, 6.45) is 9.31. The Morgan fingerprint density at radius 3 is 2.32 bits per heavy atom. The number of hydrogen-bond donors (Lipinski definition) is 0. The minimum Gasteiger partial charge on any atom is -0.340 e. The molecule has 2 saturated carbocycles. The predicted octanol–water partition coefficient (Wildman–Crippen LogP) is 2.37. The highest BCUT2D eigenvalue weighted by molar-refractivity contribution is 5.79. The van der Waals surface area contributed by atoms with Crippen molar-refractivity contribution < 1.29 is 4.79 Å². The lowest BCUT2D eigenvalue weighted by Gasteiger charge is -2.41. The summed E-state index contributed by atoms with van der Waals surface area (Å²) >= 11 is 0. The average Bonchev–Trinajstić information content (AvgIpc) is 2.47. The van der Waals surface area contributed by atoms with Crippen LogP contribution in [0.1, 0.15) is 44.9 Å². The zero-order valence-electron chi connectivity index (χ0n) is 12.3. The number of nitrogens with zero attached hydrogens (tertiary/aromatic N) is 2. The molecule has 0 bridgehead atoms. The monoisotopic (exact) mass is 264 g/mol. The fourth-order valence-corrected chi connectivity index (χ4v) is 4.38. The number of fused-ring (bicyclic) bond motifs is 1. The summed E-state index contributed by atoms with van der Waals surface area (Å²) in [6, 6.07) is 0. The first kappa shape index (κ1) is 13.4. The molecule has 0 aromatic carbocycles. The van der Waals surface area contributed by atoms with Crippen LogP contribution in [0.5, 0.6) is 0 Å². The Morgan fingerprint density at radius 1 is 0.895 bits per heavy atom. The molecule has 108 valence electrons. The van der Waals surface area contributed by atoms with E-state index in [2.05, 4.69) is 16.8 Å². The van der Waals surface area contributed by atoms with Crippen LogP contribution < -0.4 is 0 Å². The van der Waals surface area contributed by atoms with Gasteiger partial charge in [-0.2, -0.15) is 0 Å². The van der Waals surface area contributed by atoms with Gasteiger partial charge in [-0.15, -0.1) is 0 Å². The molecule has 3 heteroatoms. The van der Waals surface area contributed by atoms with Crippen molar-refractivity contribution in [1.82, 2.24) is 9.80 Å². The molecule has 3 rings (SSSR count). The second kappa shape index (κ2) is 5.82. The Morgan fingerprint density at radius 2 is 1.58 bits per heavy atom. The second-order valence-electron chi connectivity index (χ2n) is 6.94. The van der Waals surface area contributed by atoms with Gasteiger partial charge in [0.1, 0.15) is 0 Å². The molecule has 3 nitrogen and oxygen atoms in total. The third-order valence-electron chi connectivity index (χ3n) is 5.70. The third kappa shape index (κ3) is 2.96. The lowest BCUT2D eigenvalue weighted by Crippen LogP contribution is -2.50. The van der Waals surface area contributed by atoms with Crippen LogP contribution in [0.15, 0.2) is 0 Å². The first-order valence-electron chi connectivity index (χ1n) is 8.21. The highest BCUT2D eigenvalue weighted by atomic mass is 16.2. The Labute approximate surface area is 117 Å². The second-order valence-corrected chi connectivity index (χ2v) is 6.94. The third-order valence-corrected chi connectivity index (χ3v) is 5.70. The van der Waals surface area contributed by atoms with E-state index in [0.717, 1.165) is 44.4 Å². The number of carbonyl (C=O) groups excluding carboxylic acids is 1. The molecule has 0 N–H and O–H groups in total. The summed E-state index contributed by atoms with van der Waals surface area (Å²) in [5.41, 5.74) is 0. The maximum Gasteiger partial charge on any atom is 0.225 e. The number of carbonyl (C=O) groups is 1. The van der Waals surface area contributed by atoms with Gasteiger partial charge in [-0.05, 0) is 38.1 Å². The summed E-state index contributed by atoms with van der Waals surface area (Å²) in [7, 11) is 2.15. The minimum atomic E-state index is 0.350. The predicted molar refractivity (Wildman–Crippen MR) is 76.9 cm³/mol. The molecule has 3 atom stereocenters. The van der Waals surface area contributed by atoms with Crippen molar-refractivity contribution in [1.29, 1.82) is 0 Å². The van der Waals surface area contributed by atoms with E-state index in [4.69, 9.17) is 0 Å². The van der Waals surface area contributed by atoms with Gasteiger partial charge in [-0.1, -0.05) is 25.7 Å². The maximum absolute atomic E-state index is 12.6. The summed E-state index contributed by atoms with van der Waals surface area (Å²) in [5, 5.41) is 0. The lowest BCUT2D eigenvalue weighted by atomic mass is 9.67. The summed E-state index contributed by atoms with van der Waals surface area (Å²) < 4.78 is 0.